The number of hydrogen-bond donors (Lipinski definition) is 0. The van der Waals surface area contributed by atoms with Crippen molar-refractivity contribution < 1.29 is 0 Å². The Balaban J connectivity index is 1.16. The Kier molecular flexibility index (Phi) is 6.65. The van der Waals surface area contributed by atoms with E-state index in [0.717, 1.165) is 55.3 Å². The van der Waals surface area contributed by atoms with E-state index >= 15 is 0 Å². The van der Waals surface area contributed by atoms with E-state index in [4.69, 9.17) is 15.0 Å². The zero-order valence-electron chi connectivity index (χ0n) is 25.3. The van der Waals surface area contributed by atoms with Gasteiger partial charge in [-0.1, -0.05) is 133 Å². The Morgan fingerprint density at radius 2 is 0.979 bits per heavy atom. The zero-order valence-corrected chi connectivity index (χ0v) is 26.2. The molecule has 9 aromatic rings. The molecule has 4 heteroatoms. The second-order valence-electron chi connectivity index (χ2n) is 11.7. The fourth-order valence-electron chi connectivity index (χ4n) is 6.26. The van der Waals surface area contributed by atoms with E-state index < -0.39 is 0 Å². The van der Waals surface area contributed by atoms with E-state index in [1.54, 1.807) is 11.3 Å². The Morgan fingerprint density at radius 1 is 0.362 bits per heavy atom. The SMILES string of the molecule is c1ccc(-c2cc(-c3ccc4ccccc4c3)nc(-c3cccc(-c4ccc5ccc6nc(-c7ccccc7)sc6c5c4)c3)n2)cc1. The molecule has 0 bridgehead atoms. The average molecular weight is 618 g/mol. The minimum absolute atomic E-state index is 0.703. The molecule has 0 atom stereocenters. The summed E-state index contributed by atoms with van der Waals surface area (Å²) in [4.78, 5) is 15.2. The van der Waals surface area contributed by atoms with Crippen molar-refractivity contribution >= 4 is 43.1 Å². The van der Waals surface area contributed by atoms with Gasteiger partial charge in [0.25, 0.3) is 0 Å². The maximum atomic E-state index is 5.15. The van der Waals surface area contributed by atoms with Crippen LogP contribution in [0.5, 0.6) is 0 Å². The summed E-state index contributed by atoms with van der Waals surface area (Å²) in [5.41, 5.74) is 9.35. The van der Waals surface area contributed by atoms with E-state index in [0.29, 0.717) is 5.82 Å². The first-order valence-electron chi connectivity index (χ1n) is 15.7. The molecule has 47 heavy (non-hydrogen) atoms. The summed E-state index contributed by atoms with van der Waals surface area (Å²) in [5, 5.41) is 5.86. The van der Waals surface area contributed by atoms with Crippen LogP contribution in [0.2, 0.25) is 0 Å². The van der Waals surface area contributed by atoms with Crippen LogP contribution in [-0.4, -0.2) is 15.0 Å². The van der Waals surface area contributed by atoms with Crippen molar-refractivity contribution in [2.75, 3.05) is 0 Å². The summed E-state index contributed by atoms with van der Waals surface area (Å²) in [6.07, 6.45) is 0. The number of rotatable bonds is 5. The molecule has 0 N–H and O–H groups in total. The maximum absolute atomic E-state index is 5.15. The normalized spacial score (nSPS) is 11.4. The van der Waals surface area contributed by atoms with Crippen molar-refractivity contribution in [2.24, 2.45) is 0 Å². The number of thiazole rings is 1. The van der Waals surface area contributed by atoms with E-state index in [-0.39, 0.29) is 0 Å². The van der Waals surface area contributed by atoms with E-state index in [1.165, 1.54) is 26.2 Å². The van der Waals surface area contributed by atoms with Crippen LogP contribution in [0.1, 0.15) is 0 Å². The highest BCUT2D eigenvalue weighted by Gasteiger charge is 2.14. The lowest BCUT2D eigenvalue weighted by Gasteiger charge is -2.11. The van der Waals surface area contributed by atoms with Crippen LogP contribution < -0.4 is 0 Å². The summed E-state index contributed by atoms with van der Waals surface area (Å²) < 4.78 is 1.21. The lowest BCUT2D eigenvalue weighted by atomic mass is 9.99. The second-order valence-corrected chi connectivity index (χ2v) is 12.7. The highest BCUT2D eigenvalue weighted by atomic mass is 32.1. The lowest BCUT2D eigenvalue weighted by Crippen LogP contribution is -1.96. The largest absolute Gasteiger partial charge is 0.236 e. The molecule has 3 nitrogen and oxygen atoms in total. The van der Waals surface area contributed by atoms with Crippen LogP contribution in [0, 0.1) is 0 Å². The molecule has 0 saturated heterocycles. The van der Waals surface area contributed by atoms with Gasteiger partial charge in [0.2, 0.25) is 0 Å². The van der Waals surface area contributed by atoms with Gasteiger partial charge in [-0.25, -0.2) is 15.0 Å². The Morgan fingerprint density at radius 3 is 1.81 bits per heavy atom. The number of hydrogen-bond acceptors (Lipinski definition) is 4. The molecule has 0 fully saturated rings. The molecule has 0 spiro atoms. The maximum Gasteiger partial charge on any atom is 0.160 e. The number of nitrogens with zero attached hydrogens (tertiary/aromatic N) is 3. The fraction of sp³-hybridized carbons (Fsp3) is 0. The highest BCUT2D eigenvalue weighted by Crippen LogP contribution is 2.37. The standard InChI is InChI=1S/C43H27N3S/c1-3-11-30(12-4-1)39-27-40(35-21-18-28-10-7-8-15-32(28)24-35)45-42(44-39)36-17-9-16-33(25-36)34-20-19-29-22-23-38-41(37(29)26-34)47-43(46-38)31-13-5-2-6-14-31/h1-27H. The molecule has 0 radical (unpaired) electrons. The molecule has 0 aliphatic heterocycles. The summed E-state index contributed by atoms with van der Waals surface area (Å²) in [7, 11) is 0. The van der Waals surface area contributed by atoms with Gasteiger partial charge in [-0.2, -0.15) is 0 Å². The van der Waals surface area contributed by atoms with Gasteiger partial charge in [0.15, 0.2) is 5.82 Å². The van der Waals surface area contributed by atoms with Crippen LogP contribution in [0.15, 0.2) is 164 Å². The van der Waals surface area contributed by atoms with Gasteiger partial charge >= 0.3 is 0 Å². The molecule has 9 rings (SSSR count). The zero-order chi connectivity index (χ0) is 31.2. The minimum Gasteiger partial charge on any atom is -0.236 e. The van der Waals surface area contributed by atoms with Gasteiger partial charge in [0, 0.05) is 27.6 Å². The minimum atomic E-state index is 0.703. The van der Waals surface area contributed by atoms with Crippen molar-refractivity contribution in [3.63, 3.8) is 0 Å². The first kappa shape index (κ1) is 27.3. The number of fused-ring (bicyclic) bond motifs is 4. The van der Waals surface area contributed by atoms with Gasteiger partial charge in [0.1, 0.15) is 5.01 Å². The molecular weight excluding hydrogens is 591 g/mol. The topological polar surface area (TPSA) is 38.7 Å². The predicted octanol–water partition coefficient (Wildman–Crippen LogP) is 11.7. The van der Waals surface area contributed by atoms with Crippen molar-refractivity contribution in [3.05, 3.63) is 164 Å². The van der Waals surface area contributed by atoms with E-state index in [1.807, 2.05) is 12.1 Å². The summed E-state index contributed by atoms with van der Waals surface area (Å²) in [6, 6.07) is 57.4. The van der Waals surface area contributed by atoms with Gasteiger partial charge in [0.05, 0.1) is 21.6 Å². The van der Waals surface area contributed by atoms with Crippen molar-refractivity contribution in [3.8, 4) is 55.6 Å². The predicted molar refractivity (Wildman–Crippen MR) is 197 cm³/mol. The Bertz CT molecular complexity index is 2570. The van der Waals surface area contributed by atoms with Crippen LogP contribution in [0.4, 0.5) is 0 Å². The van der Waals surface area contributed by atoms with Crippen molar-refractivity contribution in [1.82, 2.24) is 15.0 Å². The van der Waals surface area contributed by atoms with E-state index in [2.05, 4.69) is 152 Å². The lowest BCUT2D eigenvalue weighted by molar-refractivity contribution is 1.18. The smallest absolute Gasteiger partial charge is 0.160 e. The molecule has 2 heterocycles. The first-order chi connectivity index (χ1) is 23.2. The average Bonchev–Trinajstić information content (AvgIpc) is 3.60. The van der Waals surface area contributed by atoms with Gasteiger partial charge in [-0.05, 0) is 57.6 Å². The molecule has 2 aromatic heterocycles. The number of aromatic nitrogens is 3. The van der Waals surface area contributed by atoms with Crippen LogP contribution in [0.3, 0.4) is 0 Å². The Labute approximate surface area is 276 Å². The molecule has 220 valence electrons. The van der Waals surface area contributed by atoms with Crippen molar-refractivity contribution in [1.29, 1.82) is 0 Å². The molecule has 0 amide bonds. The third-order valence-corrected chi connectivity index (χ3v) is 9.84. The van der Waals surface area contributed by atoms with Crippen LogP contribution >= 0.6 is 11.3 Å². The monoisotopic (exact) mass is 617 g/mol. The number of benzene rings is 7. The molecule has 0 aliphatic carbocycles. The van der Waals surface area contributed by atoms with Crippen LogP contribution in [-0.2, 0) is 0 Å². The fourth-order valence-corrected chi connectivity index (χ4v) is 7.35. The van der Waals surface area contributed by atoms with Gasteiger partial charge in [-0.15, -0.1) is 11.3 Å². The van der Waals surface area contributed by atoms with Crippen LogP contribution in [0.25, 0.3) is 87.4 Å². The van der Waals surface area contributed by atoms with Gasteiger partial charge in [-0.3, -0.25) is 0 Å². The quantitative estimate of drug-likeness (QED) is 0.193. The third kappa shape index (κ3) is 5.15. The molecule has 0 unspecified atom stereocenters. The summed E-state index contributed by atoms with van der Waals surface area (Å²) >= 11 is 1.75. The Hall–Kier alpha value is -5.97. The molecule has 0 saturated carbocycles. The second kappa shape index (κ2) is 11.4. The first-order valence-corrected chi connectivity index (χ1v) is 16.5. The molecule has 0 aliphatic rings. The summed E-state index contributed by atoms with van der Waals surface area (Å²) in [6.45, 7) is 0. The third-order valence-electron chi connectivity index (χ3n) is 8.69. The molecular formula is C43H27N3S. The van der Waals surface area contributed by atoms with Crippen molar-refractivity contribution in [2.45, 2.75) is 0 Å². The van der Waals surface area contributed by atoms with E-state index in [9.17, 15) is 0 Å². The highest BCUT2D eigenvalue weighted by molar-refractivity contribution is 7.22. The molecule has 7 aromatic carbocycles. The van der Waals surface area contributed by atoms with Gasteiger partial charge < -0.3 is 0 Å². The summed E-state index contributed by atoms with van der Waals surface area (Å²) in [5.74, 6) is 0.703.